The summed E-state index contributed by atoms with van der Waals surface area (Å²) in [4.78, 5) is 35.4. The van der Waals surface area contributed by atoms with Crippen LogP contribution in [0.25, 0.3) is 0 Å². The third kappa shape index (κ3) is 6.75. The van der Waals surface area contributed by atoms with E-state index in [1.54, 1.807) is 55.5 Å². The van der Waals surface area contributed by atoms with E-state index >= 15 is 0 Å². The number of anilines is 3. The zero-order valence-electron chi connectivity index (χ0n) is 16.1. The van der Waals surface area contributed by atoms with Gasteiger partial charge in [0, 0.05) is 23.5 Å². The Labute approximate surface area is 164 Å². The van der Waals surface area contributed by atoms with E-state index in [0.29, 0.717) is 35.7 Å². The van der Waals surface area contributed by atoms with Crippen molar-refractivity contribution in [1.82, 2.24) is 0 Å². The van der Waals surface area contributed by atoms with E-state index in [1.807, 2.05) is 6.92 Å². The Morgan fingerprint density at radius 3 is 2.11 bits per heavy atom. The number of amides is 2. The van der Waals surface area contributed by atoms with Crippen molar-refractivity contribution in [2.24, 2.45) is 0 Å². The summed E-state index contributed by atoms with van der Waals surface area (Å²) < 4.78 is 5.07. The molecule has 7 heteroatoms. The van der Waals surface area contributed by atoms with Crippen LogP contribution in [0.2, 0.25) is 0 Å². The quantitative estimate of drug-likeness (QED) is 0.574. The zero-order chi connectivity index (χ0) is 20.4. The maximum Gasteiger partial charge on any atom is 0.338 e. The van der Waals surface area contributed by atoms with E-state index in [0.717, 1.165) is 6.42 Å². The molecule has 7 nitrogen and oxygen atoms in total. The van der Waals surface area contributed by atoms with Gasteiger partial charge in [-0.2, -0.15) is 0 Å². The molecule has 2 amide bonds. The molecule has 0 aliphatic heterocycles. The van der Waals surface area contributed by atoms with Gasteiger partial charge in [-0.15, -0.1) is 0 Å². The highest BCUT2D eigenvalue weighted by molar-refractivity contribution is 5.96. The Bertz CT molecular complexity index is 819. The molecule has 0 aromatic heterocycles. The summed E-state index contributed by atoms with van der Waals surface area (Å²) in [7, 11) is 0. The first kappa shape index (κ1) is 21.0. The standard InChI is InChI=1S/C21H25N3O4/c1-3-12-28-21(27)15-8-10-16(11-9-15)22-14-20(26)24-18-7-5-6-17(13-18)23-19(25)4-2/h5-11,13,22H,3-4,12,14H2,1-2H3,(H,23,25)(H,24,26). The summed E-state index contributed by atoms with van der Waals surface area (Å²) in [6.45, 7) is 4.16. The summed E-state index contributed by atoms with van der Waals surface area (Å²) in [5, 5.41) is 8.51. The molecule has 2 aromatic rings. The van der Waals surface area contributed by atoms with E-state index in [1.165, 1.54) is 0 Å². The van der Waals surface area contributed by atoms with E-state index < -0.39 is 0 Å². The Kier molecular flexibility index (Phi) is 8.02. The van der Waals surface area contributed by atoms with Gasteiger partial charge in [-0.05, 0) is 48.9 Å². The monoisotopic (exact) mass is 383 g/mol. The van der Waals surface area contributed by atoms with Gasteiger partial charge >= 0.3 is 5.97 Å². The van der Waals surface area contributed by atoms with Gasteiger partial charge in [0.2, 0.25) is 11.8 Å². The van der Waals surface area contributed by atoms with Crippen LogP contribution in [-0.2, 0) is 14.3 Å². The van der Waals surface area contributed by atoms with Crippen molar-refractivity contribution < 1.29 is 19.1 Å². The summed E-state index contributed by atoms with van der Waals surface area (Å²) in [5.41, 5.74) is 2.40. The van der Waals surface area contributed by atoms with E-state index in [-0.39, 0.29) is 24.3 Å². The largest absolute Gasteiger partial charge is 0.462 e. The van der Waals surface area contributed by atoms with Gasteiger partial charge in [-0.3, -0.25) is 9.59 Å². The molecule has 0 atom stereocenters. The van der Waals surface area contributed by atoms with E-state index in [4.69, 9.17) is 4.74 Å². The highest BCUT2D eigenvalue weighted by Gasteiger charge is 2.07. The number of benzene rings is 2. The van der Waals surface area contributed by atoms with Crippen LogP contribution in [0.1, 0.15) is 37.0 Å². The second-order valence-electron chi connectivity index (χ2n) is 6.10. The maximum absolute atomic E-state index is 12.1. The molecule has 0 saturated carbocycles. The van der Waals surface area contributed by atoms with Crippen LogP contribution < -0.4 is 16.0 Å². The molecule has 0 radical (unpaired) electrons. The number of rotatable bonds is 9. The highest BCUT2D eigenvalue weighted by Crippen LogP contribution is 2.15. The van der Waals surface area contributed by atoms with Crippen molar-refractivity contribution in [3.05, 3.63) is 54.1 Å². The molecule has 2 rings (SSSR count). The van der Waals surface area contributed by atoms with Crippen LogP contribution in [-0.4, -0.2) is 30.9 Å². The molecule has 0 saturated heterocycles. The van der Waals surface area contributed by atoms with Crippen LogP contribution in [0, 0.1) is 0 Å². The number of hydrogen-bond donors (Lipinski definition) is 3. The molecule has 2 aromatic carbocycles. The Balaban J connectivity index is 1.84. The fourth-order valence-electron chi connectivity index (χ4n) is 2.31. The van der Waals surface area contributed by atoms with Crippen LogP contribution in [0.4, 0.5) is 17.1 Å². The summed E-state index contributed by atoms with van der Waals surface area (Å²) >= 11 is 0. The van der Waals surface area contributed by atoms with Crippen molar-refractivity contribution in [2.75, 3.05) is 29.1 Å². The Morgan fingerprint density at radius 1 is 0.857 bits per heavy atom. The van der Waals surface area contributed by atoms with Gasteiger partial charge in [-0.25, -0.2) is 4.79 Å². The lowest BCUT2D eigenvalue weighted by Gasteiger charge is -2.10. The van der Waals surface area contributed by atoms with Crippen molar-refractivity contribution in [1.29, 1.82) is 0 Å². The minimum Gasteiger partial charge on any atom is -0.462 e. The van der Waals surface area contributed by atoms with Gasteiger partial charge < -0.3 is 20.7 Å². The van der Waals surface area contributed by atoms with Crippen molar-refractivity contribution >= 4 is 34.8 Å². The molecule has 3 N–H and O–H groups in total. The molecule has 148 valence electrons. The second-order valence-corrected chi connectivity index (χ2v) is 6.10. The zero-order valence-corrected chi connectivity index (χ0v) is 16.1. The molecular weight excluding hydrogens is 358 g/mol. The summed E-state index contributed by atoms with van der Waals surface area (Å²) in [6.07, 6.45) is 1.16. The number of nitrogens with one attached hydrogen (secondary N) is 3. The third-order valence-corrected chi connectivity index (χ3v) is 3.76. The molecule has 0 spiro atoms. The number of carbonyl (C=O) groups excluding carboxylic acids is 3. The van der Waals surface area contributed by atoms with Crippen LogP contribution >= 0.6 is 0 Å². The van der Waals surface area contributed by atoms with E-state index in [2.05, 4.69) is 16.0 Å². The fourth-order valence-corrected chi connectivity index (χ4v) is 2.31. The molecule has 28 heavy (non-hydrogen) atoms. The average Bonchev–Trinajstić information content (AvgIpc) is 2.71. The second kappa shape index (κ2) is 10.7. The number of esters is 1. The average molecular weight is 383 g/mol. The minimum absolute atomic E-state index is 0.0607. The van der Waals surface area contributed by atoms with Gasteiger partial charge in [0.15, 0.2) is 0 Å². The van der Waals surface area contributed by atoms with Crippen LogP contribution in [0.5, 0.6) is 0 Å². The van der Waals surface area contributed by atoms with Crippen molar-refractivity contribution in [2.45, 2.75) is 26.7 Å². The van der Waals surface area contributed by atoms with Crippen molar-refractivity contribution in [3.63, 3.8) is 0 Å². The third-order valence-electron chi connectivity index (χ3n) is 3.76. The summed E-state index contributed by atoms with van der Waals surface area (Å²) in [6, 6.07) is 13.7. The Morgan fingerprint density at radius 2 is 1.50 bits per heavy atom. The van der Waals surface area contributed by atoms with Crippen LogP contribution in [0.15, 0.2) is 48.5 Å². The van der Waals surface area contributed by atoms with Gasteiger partial charge in [-0.1, -0.05) is 19.9 Å². The topological polar surface area (TPSA) is 96.5 Å². The van der Waals surface area contributed by atoms with E-state index in [9.17, 15) is 14.4 Å². The first-order valence-corrected chi connectivity index (χ1v) is 9.22. The SMILES string of the molecule is CCCOC(=O)c1ccc(NCC(=O)Nc2cccc(NC(=O)CC)c2)cc1. The number of carbonyl (C=O) groups is 3. The molecule has 0 fully saturated rings. The van der Waals surface area contributed by atoms with Crippen LogP contribution in [0.3, 0.4) is 0 Å². The van der Waals surface area contributed by atoms with Gasteiger partial charge in [0.1, 0.15) is 0 Å². The Hall–Kier alpha value is -3.35. The molecule has 0 aliphatic rings. The smallest absolute Gasteiger partial charge is 0.338 e. The fraction of sp³-hybridized carbons (Fsp3) is 0.286. The molecular formula is C21H25N3O4. The normalized spacial score (nSPS) is 10.1. The molecule has 0 bridgehead atoms. The molecule has 0 aliphatic carbocycles. The lowest BCUT2D eigenvalue weighted by molar-refractivity contribution is -0.116. The first-order valence-electron chi connectivity index (χ1n) is 9.22. The first-order chi connectivity index (χ1) is 13.5. The minimum atomic E-state index is -0.360. The van der Waals surface area contributed by atoms with Gasteiger partial charge in [0.05, 0.1) is 18.7 Å². The molecule has 0 unspecified atom stereocenters. The predicted molar refractivity (Wildman–Crippen MR) is 109 cm³/mol. The van der Waals surface area contributed by atoms with Gasteiger partial charge in [0.25, 0.3) is 0 Å². The number of hydrogen-bond acceptors (Lipinski definition) is 5. The molecule has 0 heterocycles. The predicted octanol–water partition coefficient (Wildman–Crippen LogP) is 3.65. The maximum atomic E-state index is 12.1. The number of ether oxygens (including phenoxy) is 1. The lowest BCUT2D eigenvalue weighted by atomic mass is 10.2. The summed E-state index contributed by atoms with van der Waals surface area (Å²) in [5.74, 6) is -0.682. The highest BCUT2D eigenvalue weighted by atomic mass is 16.5. The lowest BCUT2D eigenvalue weighted by Crippen LogP contribution is -2.21. The van der Waals surface area contributed by atoms with Crippen molar-refractivity contribution in [3.8, 4) is 0 Å².